The first kappa shape index (κ1) is 32.2. The Morgan fingerprint density at radius 1 is 0.583 bits per heavy atom. The van der Waals surface area contributed by atoms with E-state index in [-0.39, 0.29) is 0 Å². The molecule has 1 saturated carbocycles. The zero-order valence-corrected chi connectivity index (χ0v) is 23.8. The minimum absolute atomic E-state index is 0.291. The van der Waals surface area contributed by atoms with Crippen molar-refractivity contribution < 1.29 is 19.1 Å². The van der Waals surface area contributed by atoms with Crippen molar-refractivity contribution in [2.75, 3.05) is 13.2 Å². The Balaban J connectivity index is 0.000000936. The standard InChI is InChI=1S/C26H42O4.C6H12/c1-21(2)15-9-5-7-13-19-29-25(27)23-17-11-12-18-24(23)26(28)30-20-14-8-6-10-16-22(3)4;1-2-4-6-5-3-1/h11-12,17-18,21-22H,5-10,13-16,19-20H2,1-4H3;1-6H2. The van der Waals surface area contributed by atoms with E-state index in [0.717, 1.165) is 50.4 Å². The second-order valence-corrected chi connectivity index (χ2v) is 11.1. The predicted molar refractivity (Wildman–Crippen MR) is 151 cm³/mol. The molecular formula is C32H54O4. The number of ether oxygens (including phenoxy) is 2. The number of rotatable bonds is 16. The Morgan fingerprint density at radius 2 is 0.917 bits per heavy atom. The predicted octanol–water partition coefficient (Wildman–Crippen LogP) is 9.55. The Labute approximate surface area is 221 Å². The lowest BCUT2D eigenvalue weighted by Gasteiger charge is -2.10. The average molecular weight is 503 g/mol. The number of hydrogen-bond donors (Lipinski definition) is 0. The van der Waals surface area contributed by atoms with Gasteiger partial charge in [-0.15, -0.1) is 0 Å². The molecule has 0 radical (unpaired) electrons. The van der Waals surface area contributed by atoms with E-state index in [2.05, 4.69) is 27.7 Å². The molecule has 206 valence electrons. The van der Waals surface area contributed by atoms with Gasteiger partial charge < -0.3 is 9.47 Å². The van der Waals surface area contributed by atoms with Crippen LogP contribution >= 0.6 is 0 Å². The highest BCUT2D eigenvalue weighted by Gasteiger charge is 2.18. The van der Waals surface area contributed by atoms with Crippen LogP contribution in [0, 0.1) is 11.8 Å². The minimum Gasteiger partial charge on any atom is -0.462 e. The van der Waals surface area contributed by atoms with Crippen LogP contribution in [0.4, 0.5) is 0 Å². The van der Waals surface area contributed by atoms with Crippen molar-refractivity contribution in [3.05, 3.63) is 35.4 Å². The average Bonchev–Trinajstić information content (AvgIpc) is 2.88. The number of esters is 2. The Hall–Kier alpha value is -1.84. The van der Waals surface area contributed by atoms with E-state index in [9.17, 15) is 9.59 Å². The molecule has 0 aromatic heterocycles. The van der Waals surface area contributed by atoms with Gasteiger partial charge in [-0.1, -0.05) is 130 Å². The maximum Gasteiger partial charge on any atom is 0.339 e. The van der Waals surface area contributed by atoms with Gasteiger partial charge in [-0.25, -0.2) is 9.59 Å². The highest BCUT2D eigenvalue weighted by Crippen LogP contribution is 2.16. The molecule has 0 atom stereocenters. The second kappa shape index (κ2) is 21.3. The van der Waals surface area contributed by atoms with Crippen LogP contribution in [0.5, 0.6) is 0 Å². The van der Waals surface area contributed by atoms with Crippen molar-refractivity contribution in [2.45, 2.75) is 130 Å². The fourth-order valence-electron chi connectivity index (χ4n) is 4.40. The van der Waals surface area contributed by atoms with Crippen LogP contribution in [0.2, 0.25) is 0 Å². The molecule has 0 saturated heterocycles. The van der Waals surface area contributed by atoms with E-state index in [4.69, 9.17) is 9.47 Å². The molecule has 1 fully saturated rings. The molecule has 4 heteroatoms. The molecule has 1 aliphatic rings. The first-order valence-electron chi connectivity index (χ1n) is 14.8. The van der Waals surface area contributed by atoms with E-state index < -0.39 is 11.9 Å². The van der Waals surface area contributed by atoms with Gasteiger partial charge in [0.15, 0.2) is 0 Å². The molecule has 0 bridgehead atoms. The number of carbonyl (C=O) groups excluding carboxylic acids is 2. The third kappa shape index (κ3) is 16.8. The van der Waals surface area contributed by atoms with Gasteiger partial charge >= 0.3 is 11.9 Å². The summed E-state index contributed by atoms with van der Waals surface area (Å²) in [6.45, 7) is 9.72. The second-order valence-electron chi connectivity index (χ2n) is 11.1. The Kier molecular flexibility index (Phi) is 19.0. The van der Waals surface area contributed by atoms with E-state index >= 15 is 0 Å². The highest BCUT2D eigenvalue weighted by atomic mass is 16.5. The molecule has 1 aromatic rings. The molecule has 0 heterocycles. The molecule has 0 N–H and O–H groups in total. The number of hydrogen-bond acceptors (Lipinski definition) is 4. The van der Waals surface area contributed by atoms with Crippen LogP contribution in [0.1, 0.15) is 151 Å². The summed E-state index contributed by atoms with van der Waals surface area (Å²) >= 11 is 0. The van der Waals surface area contributed by atoms with Gasteiger partial charge in [0.25, 0.3) is 0 Å². The lowest BCUT2D eigenvalue weighted by molar-refractivity contribution is 0.0450. The lowest BCUT2D eigenvalue weighted by Crippen LogP contribution is -2.15. The maximum atomic E-state index is 12.4. The summed E-state index contributed by atoms with van der Waals surface area (Å²) < 4.78 is 10.8. The molecule has 1 aromatic carbocycles. The summed E-state index contributed by atoms with van der Waals surface area (Å²) in [7, 11) is 0. The largest absolute Gasteiger partial charge is 0.462 e. The van der Waals surface area contributed by atoms with E-state index in [1.807, 2.05) is 0 Å². The van der Waals surface area contributed by atoms with Crippen LogP contribution in [-0.4, -0.2) is 25.2 Å². The van der Waals surface area contributed by atoms with Crippen LogP contribution in [0.25, 0.3) is 0 Å². The molecule has 2 rings (SSSR count). The first-order chi connectivity index (χ1) is 17.4. The number of unbranched alkanes of at least 4 members (excludes halogenated alkanes) is 6. The van der Waals surface area contributed by atoms with E-state index in [1.165, 1.54) is 64.2 Å². The third-order valence-corrected chi connectivity index (χ3v) is 6.68. The molecule has 4 nitrogen and oxygen atoms in total. The first-order valence-corrected chi connectivity index (χ1v) is 14.8. The van der Waals surface area contributed by atoms with Crippen LogP contribution in [-0.2, 0) is 9.47 Å². The van der Waals surface area contributed by atoms with Crippen LogP contribution in [0.15, 0.2) is 24.3 Å². The summed E-state index contributed by atoms with van der Waals surface area (Å²) in [6, 6.07) is 6.75. The van der Waals surface area contributed by atoms with Gasteiger partial charge in [0.1, 0.15) is 0 Å². The van der Waals surface area contributed by atoms with Crippen LogP contribution in [0.3, 0.4) is 0 Å². The third-order valence-electron chi connectivity index (χ3n) is 6.68. The van der Waals surface area contributed by atoms with Gasteiger partial charge in [0, 0.05) is 0 Å². The summed E-state index contributed by atoms with van der Waals surface area (Å²) in [6.07, 6.45) is 20.1. The van der Waals surface area contributed by atoms with Gasteiger partial charge in [0.05, 0.1) is 24.3 Å². The van der Waals surface area contributed by atoms with E-state index in [1.54, 1.807) is 24.3 Å². The van der Waals surface area contributed by atoms with E-state index in [0.29, 0.717) is 24.3 Å². The summed E-state index contributed by atoms with van der Waals surface area (Å²) in [5, 5.41) is 0. The van der Waals surface area contributed by atoms with Crippen molar-refractivity contribution in [1.29, 1.82) is 0 Å². The quantitative estimate of drug-likeness (QED) is 0.167. The fourth-order valence-corrected chi connectivity index (χ4v) is 4.40. The zero-order valence-electron chi connectivity index (χ0n) is 23.8. The molecule has 0 spiro atoms. The molecule has 0 unspecified atom stereocenters. The SMILES string of the molecule is C1CCCCC1.CC(C)CCCCCCOC(=O)c1ccccc1C(=O)OCCCCCCC(C)C. The fraction of sp³-hybridized carbons (Fsp3) is 0.750. The molecular weight excluding hydrogens is 448 g/mol. The van der Waals surface area contributed by atoms with Crippen molar-refractivity contribution >= 4 is 11.9 Å². The van der Waals surface area contributed by atoms with Gasteiger partial charge in [-0.3, -0.25) is 0 Å². The Bertz CT molecular complexity index is 627. The monoisotopic (exact) mass is 502 g/mol. The summed E-state index contributed by atoms with van der Waals surface area (Å²) in [4.78, 5) is 24.8. The van der Waals surface area contributed by atoms with Crippen molar-refractivity contribution in [3.63, 3.8) is 0 Å². The van der Waals surface area contributed by atoms with Gasteiger partial charge in [0.2, 0.25) is 0 Å². The normalized spacial score (nSPS) is 13.3. The highest BCUT2D eigenvalue weighted by molar-refractivity contribution is 6.03. The number of carbonyl (C=O) groups is 2. The molecule has 0 amide bonds. The lowest BCUT2D eigenvalue weighted by atomic mass is 10.0. The molecule has 0 aliphatic heterocycles. The maximum absolute atomic E-state index is 12.4. The zero-order chi connectivity index (χ0) is 26.4. The molecule has 36 heavy (non-hydrogen) atoms. The van der Waals surface area contributed by atoms with Gasteiger partial charge in [-0.2, -0.15) is 0 Å². The Morgan fingerprint density at radius 3 is 1.25 bits per heavy atom. The van der Waals surface area contributed by atoms with Crippen molar-refractivity contribution in [1.82, 2.24) is 0 Å². The van der Waals surface area contributed by atoms with Gasteiger partial charge in [-0.05, 0) is 36.8 Å². The molecule has 1 aliphatic carbocycles. The van der Waals surface area contributed by atoms with Crippen molar-refractivity contribution in [2.24, 2.45) is 11.8 Å². The van der Waals surface area contributed by atoms with Crippen LogP contribution < -0.4 is 0 Å². The minimum atomic E-state index is -0.446. The number of benzene rings is 1. The summed E-state index contributed by atoms with van der Waals surface area (Å²) in [5.74, 6) is 0.588. The summed E-state index contributed by atoms with van der Waals surface area (Å²) in [5.41, 5.74) is 0.582. The van der Waals surface area contributed by atoms with Crippen molar-refractivity contribution in [3.8, 4) is 0 Å². The smallest absolute Gasteiger partial charge is 0.339 e. The topological polar surface area (TPSA) is 52.6 Å².